The molecular weight excluding hydrogens is 176 g/mol. The average Bonchev–Trinajstić information content (AvgIpc) is 2.02. The second-order valence-corrected chi connectivity index (χ2v) is 3.86. The van der Waals surface area contributed by atoms with Gasteiger partial charge >= 0.3 is 5.97 Å². The smallest absolute Gasteiger partial charge is 0.302 e. The second kappa shape index (κ2) is 6.41. The number of esters is 1. The maximum atomic E-state index is 10.6. The van der Waals surface area contributed by atoms with Crippen molar-refractivity contribution in [2.45, 2.75) is 34.1 Å². The van der Waals surface area contributed by atoms with Crippen LogP contribution in [0.15, 0.2) is 23.8 Å². The molecule has 0 aromatic rings. The Hall–Kier alpha value is -1.05. The molecule has 0 saturated carbocycles. The molecule has 0 aromatic heterocycles. The Bertz CT molecular complexity index is 235. The van der Waals surface area contributed by atoms with Gasteiger partial charge in [0.05, 0.1) is 6.61 Å². The van der Waals surface area contributed by atoms with Gasteiger partial charge in [-0.2, -0.15) is 0 Å². The molecule has 1 unspecified atom stereocenters. The molecule has 0 radical (unpaired) electrons. The molecule has 0 fully saturated rings. The van der Waals surface area contributed by atoms with Gasteiger partial charge in [-0.15, -0.1) is 0 Å². The second-order valence-electron chi connectivity index (χ2n) is 3.86. The van der Waals surface area contributed by atoms with Crippen LogP contribution in [0.25, 0.3) is 0 Å². The van der Waals surface area contributed by atoms with Crippen LogP contribution < -0.4 is 0 Å². The van der Waals surface area contributed by atoms with E-state index in [9.17, 15) is 4.79 Å². The first-order valence-electron chi connectivity index (χ1n) is 4.85. The first-order chi connectivity index (χ1) is 6.43. The fourth-order valence-corrected chi connectivity index (χ4v) is 1.01. The Kier molecular flexibility index (Phi) is 5.93. The minimum Gasteiger partial charge on any atom is -0.465 e. The molecule has 0 N–H and O–H groups in total. The largest absolute Gasteiger partial charge is 0.465 e. The summed E-state index contributed by atoms with van der Waals surface area (Å²) in [5, 5.41) is 0. The highest BCUT2D eigenvalue weighted by molar-refractivity contribution is 5.65. The number of rotatable bonds is 5. The average molecular weight is 196 g/mol. The maximum absolute atomic E-state index is 10.6. The monoisotopic (exact) mass is 196 g/mol. The van der Waals surface area contributed by atoms with E-state index in [4.69, 9.17) is 4.74 Å². The van der Waals surface area contributed by atoms with E-state index in [0.717, 1.165) is 12.0 Å². The fraction of sp³-hybridized carbons (Fsp3) is 0.583. The lowest BCUT2D eigenvalue weighted by Gasteiger charge is -2.14. The third-order valence-corrected chi connectivity index (χ3v) is 2.00. The Morgan fingerprint density at radius 2 is 1.93 bits per heavy atom. The summed E-state index contributed by atoms with van der Waals surface area (Å²) in [5.41, 5.74) is 2.34. The number of carbonyl (C=O) groups is 1. The van der Waals surface area contributed by atoms with Crippen molar-refractivity contribution in [3.8, 4) is 0 Å². The van der Waals surface area contributed by atoms with E-state index in [0.29, 0.717) is 6.61 Å². The highest BCUT2D eigenvalue weighted by Gasteiger charge is 2.09. The molecule has 0 aliphatic carbocycles. The van der Waals surface area contributed by atoms with Gasteiger partial charge in [0.2, 0.25) is 0 Å². The van der Waals surface area contributed by atoms with Gasteiger partial charge in [-0.25, -0.2) is 0 Å². The number of carbonyl (C=O) groups excluding carboxylic acids is 1. The minimum atomic E-state index is -0.228. The molecule has 0 amide bonds. The number of ether oxygens (including phenoxy) is 1. The summed E-state index contributed by atoms with van der Waals surface area (Å²) in [5.74, 6) is 0.0160. The van der Waals surface area contributed by atoms with Crippen molar-refractivity contribution >= 4 is 5.97 Å². The first kappa shape index (κ1) is 12.9. The van der Waals surface area contributed by atoms with Gasteiger partial charge in [-0.1, -0.05) is 23.8 Å². The van der Waals surface area contributed by atoms with Gasteiger partial charge in [-0.05, 0) is 27.2 Å². The van der Waals surface area contributed by atoms with E-state index in [2.05, 4.69) is 26.5 Å². The van der Waals surface area contributed by atoms with Crippen LogP contribution in [-0.2, 0) is 9.53 Å². The molecule has 1 atom stereocenters. The van der Waals surface area contributed by atoms with Gasteiger partial charge in [-0.3, -0.25) is 4.79 Å². The molecule has 0 heterocycles. The van der Waals surface area contributed by atoms with Crippen molar-refractivity contribution in [3.05, 3.63) is 23.8 Å². The third-order valence-electron chi connectivity index (χ3n) is 2.00. The van der Waals surface area contributed by atoms with Crippen LogP contribution in [0.1, 0.15) is 34.1 Å². The molecule has 0 saturated heterocycles. The molecule has 0 spiro atoms. The minimum absolute atomic E-state index is 0.228. The van der Waals surface area contributed by atoms with E-state index in [1.54, 1.807) is 0 Å². The third kappa shape index (κ3) is 6.46. The zero-order valence-corrected chi connectivity index (χ0v) is 9.59. The van der Waals surface area contributed by atoms with Gasteiger partial charge in [0.15, 0.2) is 0 Å². The quantitative estimate of drug-likeness (QED) is 0.499. The van der Waals surface area contributed by atoms with E-state index in [1.807, 2.05) is 6.92 Å². The van der Waals surface area contributed by atoms with Crippen molar-refractivity contribution < 1.29 is 9.53 Å². The zero-order chi connectivity index (χ0) is 11.1. The standard InChI is InChI=1S/C12H20O2/c1-9(2)6-7-12(10(3)4)8-14-11(5)13/h6,12H,3,7-8H2,1-2,4-5H3. The fourth-order valence-electron chi connectivity index (χ4n) is 1.01. The molecule has 2 heteroatoms. The molecule has 0 bridgehead atoms. The van der Waals surface area contributed by atoms with Crippen molar-refractivity contribution in [2.75, 3.05) is 6.61 Å². The maximum Gasteiger partial charge on any atom is 0.302 e. The van der Waals surface area contributed by atoms with Gasteiger partial charge in [0.25, 0.3) is 0 Å². The van der Waals surface area contributed by atoms with E-state index in [-0.39, 0.29) is 11.9 Å². The summed E-state index contributed by atoms with van der Waals surface area (Å²) in [7, 11) is 0. The van der Waals surface area contributed by atoms with Gasteiger partial charge in [0, 0.05) is 12.8 Å². The van der Waals surface area contributed by atoms with Gasteiger partial charge < -0.3 is 4.74 Å². The van der Waals surface area contributed by atoms with E-state index in [1.165, 1.54) is 12.5 Å². The molecular formula is C12H20O2. The Balaban J connectivity index is 4.10. The van der Waals surface area contributed by atoms with Crippen molar-refractivity contribution in [2.24, 2.45) is 5.92 Å². The lowest BCUT2D eigenvalue weighted by Crippen LogP contribution is -2.12. The molecule has 80 valence electrons. The van der Waals surface area contributed by atoms with E-state index >= 15 is 0 Å². The normalized spacial score (nSPS) is 11.7. The lowest BCUT2D eigenvalue weighted by molar-refractivity contribution is -0.141. The van der Waals surface area contributed by atoms with Crippen molar-refractivity contribution in [1.29, 1.82) is 0 Å². The summed E-state index contributed by atoms with van der Waals surface area (Å²) in [6, 6.07) is 0. The highest BCUT2D eigenvalue weighted by atomic mass is 16.5. The number of allylic oxidation sites excluding steroid dienone is 2. The molecule has 0 aliphatic heterocycles. The molecule has 0 aromatic carbocycles. The zero-order valence-electron chi connectivity index (χ0n) is 9.59. The Morgan fingerprint density at radius 1 is 1.36 bits per heavy atom. The van der Waals surface area contributed by atoms with Gasteiger partial charge in [0.1, 0.15) is 0 Å². The topological polar surface area (TPSA) is 26.3 Å². The van der Waals surface area contributed by atoms with Crippen LogP contribution in [0.4, 0.5) is 0 Å². The van der Waals surface area contributed by atoms with Crippen LogP contribution in [-0.4, -0.2) is 12.6 Å². The summed E-state index contributed by atoms with van der Waals surface area (Å²) in [6.07, 6.45) is 3.04. The Labute approximate surface area is 86.6 Å². The summed E-state index contributed by atoms with van der Waals surface area (Å²) in [6.45, 7) is 11.8. The number of hydrogen-bond donors (Lipinski definition) is 0. The van der Waals surface area contributed by atoms with Crippen LogP contribution in [0.2, 0.25) is 0 Å². The summed E-state index contributed by atoms with van der Waals surface area (Å²) >= 11 is 0. The van der Waals surface area contributed by atoms with E-state index < -0.39 is 0 Å². The molecule has 14 heavy (non-hydrogen) atoms. The molecule has 0 aliphatic rings. The van der Waals surface area contributed by atoms with Crippen molar-refractivity contribution in [3.63, 3.8) is 0 Å². The first-order valence-corrected chi connectivity index (χ1v) is 4.85. The summed E-state index contributed by atoms with van der Waals surface area (Å²) in [4.78, 5) is 10.6. The predicted molar refractivity (Wildman–Crippen MR) is 59.0 cm³/mol. The van der Waals surface area contributed by atoms with Crippen molar-refractivity contribution in [1.82, 2.24) is 0 Å². The molecule has 2 nitrogen and oxygen atoms in total. The van der Waals surface area contributed by atoms with Crippen LogP contribution in [0, 0.1) is 5.92 Å². The lowest BCUT2D eigenvalue weighted by atomic mass is 9.98. The predicted octanol–water partition coefficient (Wildman–Crippen LogP) is 3.10. The van der Waals surface area contributed by atoms with Crippen LogP contribution in [0.5, 0.6) is 0 Å². The SMILES string of the molecule is C=C(C)C(CC=C(C)C)COC(C)=O. The Morgan fingerprint density at radius 3 is 2.29 bits per heavy atom. The van der Waals surface area contributed by atoms with Crippen LogP contribution >= 0.6 is 0 Å². The molecule has 0 rings (SSSR count). The number of hydrogen-bond acceptors (Lipinski definition) is 2. The highest BCUT2D eigenvalue weighted by Crippen LogP contribution is 2.15. The summed E-state index contributed by atoms with van der Waals surface area (Å²) < 4.78 is 4.97. The van der Waals surface area contributed by atoms with Crippen LogP contribution in [0.3, 0.4) is 0 Å².